The Bertz CT molecular complexity index is 1460. The molecule has 6 rings (SSSR count). The first-order valence-corrected chi connectivity index (χ1v) is 11.1. The zero-order valence-electron chi connectivity index (χ0n) is 18.4. The van der Waals surface area contributed by atoms with E-state index in [1.54, 1.807) is 47.4 Å². The third-order valence-corrected chi connectivity index (χ3v) is 6.18. The minimum absolute atomic E-state index is 0.0828. The van der Waals surface area contributed by atoms with Crippen LogP contribution in [0.3, 0.4) is 0 Å². The molecule has 0 spiro atoms. The number of aromatic amines is 1. The molecule has 1 fully saturated rings. The van der Waals surface area contributed by atoms with E-state index in [4.69, 9.17) is 4.52 Å². The molecule has 0 amide bonds. The van der Waals surface area contributed by atoms with Crippen LogP contribution in [0.4, 0.5) is 14.6 Å². The number of anilines is 1. The first-order chi connectivity index (χ1) is 17.1. The van der Waals surface area contributed by atoms with Crippen LogP contribution < -0.4 is 5.32 Å². The number of hydrogen-bond acceptors (Lipinski definition) is 7. The second kappa shape index (κ2) is 8.42. The molecular weight excluding hydrogens is 454 g/mol. The molecule has 1 saturated carbocycles. The van der Waals surface area contributed by atoms with Crippen LogP contribution in [-0.4, -0.2) is 41.4 Å². The van der Waals surface area contributed by atoms with Gasteiger partial charge >= 0.3 is 0 Å². The Labute approximate surface area is 198 Å². The van der Waals surface area contributed by atoms with Crippen LogP contribution in [0, 0.1) is 11.6 Å². The molecule has 11 heteroatoms. The normalized spacial score (nSPS) is 14.2. The van der Waals surface area contributed by atoms with Gasteiger partial charge < -0.3 is 14.8 Å². The largest absolute Gasteiger partial charge is 0.367 e. The van der Waals surface area contributed by atoms with E-state index in [9.17, 15) is 8.78 Å². The van der Waals surface area contributed by atoms with Gasteiger partial charge in [-0.05, 0) is 25.0 Å². The predicted octanol–water partition coefficient (Wildman–Crippen LogP) is 4.19. The van der Waals surface area contributed by atoms with Crippen molar-refractivity contribution in [3.8, 4) is 22.9 Å². The van der Waals surface area contributed by atoms with E-state index in [1.807, 2.05) is 0 Å². The van der Waals surface area contributed by atoms with Gasteiger partial charge in [0.2, 0.25) is 0 Å². The smallest absolute Gasteiger partial charge is 0.183 e. The lowest BCUT2D eigenvalue weighted by molar-refractivity contribution is 0.421. The first-order valence-electron chi connectivity index (χ1n) is 11.1. The molecule has 0 atom stereocenters. The van der Waals surface area contributed by atoms with Gasteiger partial charge in [0.1, 0.15) is 29.3 Å². The maximum atomic E-state index is 14.6. The molecule has 1 aromatic carbocycles. The summed E-state index contributed by atoms with van der Waals surface area (Å²) < 4.78 is 35.5. The van der Waals surface area contributed by atoms with Gasteiger partial charge in [0.05, 0.1) is 18.4 Å². The van der Waals surface area contributed by atoms with Crippen LogP contribution in [0.1, 0.15) is 24.2 Å². The molecule has 0 aliphatic heterocycles. The maximum absolute atomic E-state index is 14.6. The van der Waals surface area contributed by atoms with Crippen molar-refractivity contribution in [3.63, 3.8) is 0 Å². The van der Waals surface area contributed by atoms with Crippen LogP contribution in [-0.2, 0) is 12.0 Å². The summed E-state index contributed by atoms with van der Waals surface area (Å²) in [7, 11) is 0. The van der Waals surface area contributed by atoms with Gasteiger partial charge in [-0.15, -0.1) is 0 Å². The molecule has 9 nitrogen and oxygen atoms in total. The molecule has 0 bridgehead atoms. The summed E-state index contributed by atoms with van der Waals surface area (Å²) in [5, 5.41) is 11.7. The summed E-state index contributed by atoms with van der Waals surface area (Å²) in [6.07, 6.45) is 7.95. The van der Waals surface area contributed by atoms with Gasteiger partial charge in [0.15, 0.2) is 17.5 Å². The van der Waals surface area contributed by atoms with Crippen molar-refractivity contribution >= 4 is 5.82 Å². The van der Waals surface area contributed by atoms with Crippen LogP contribution in [0.25, 0.3) is 22.9 Å². The van der Waals surface area contributed by atoms with Gasteiger partial charge in [-0.3, -0.25) is 4.68 Å². The monoisotopic (exact) mass is 474 g/mol. The number of halogens is 2. The number of benzene rings is 1. The summed E-state index contributed by atoms with van der Waals surface area (Å²) >= 11 is 0. The highest BCUT2D eigenvalue weighted by Crippen LogP contribution is 2.46. The minimum atomic E-state index is -0.563. The van der Waals surface area contributed by atoms with Crippen molar-refractivity contribution in [1.82, 2.24) is 34.9 Å². The van der Waals surface area contributed by atoms with Gasteiger partial charge in [-0.1, -0.05) is 23.4 Å². The Balaban J connectivity index is 1.31. The fraction of sp³-hybridized carbons (Fsp3) is 0.208. The van der Waals surface area contributed by atoms with Gasteiger partial charge in [0.25, 0.3) is 0 Å². The lowest BCUT2D eigenvalue weighted by atomic mass is 10.1. The molecule has 0 radical (unpaired) electrons. The molecule has 4 heterocycles. The lowest BCUT2D eigenvalue weighted by Crippen LogP contribution is -2.22. The molecule has 2 N–H and O–H groups in total. The maximum Gasteiger partial charge on any atom is 0.183 e. The number of nitrogens with zero attached hydrogens (tertiary/aromatic N) is 6. The van der Waals surface area contributed by atoms with Gasteiger partial charge in [-0.2, -0.15) is 5.10 Å². The highest BCUT2D eigenvalue weighted by Gasteiger charge is 2.46. The Hall–Kier alpha value is -4.41. The number of nitrogens with one attached hydrogen (secondary N) is 2. The molecule has 5 aromatic rings. The van der Waals surface area contributed by atoms with E-state index in [1.165, 1.54) is 12.3 Å². The molecule has 1 aliphatic rings. The molecule has 35 heavy (non-hydrogen) atoms. The predicted molar refractivity (Wildman–Crippen MR) is 122 cm³/mol. The average Bonchev–Trinajstić information content (AvgIpc) is 3.31. The zero-order chi connectivity index (χ0) is 23.8. The van der Waals surface area contributed by atoms with Crippen molar-refractivity contribution < 1.29 is 13.3 Å². The number of imidazole rings is 1. The average molecular weight is 474 g/mol. The first kappa shape index (κ1) is 21.1. The van der Waals surface area contributed by atoms with Crippen LogP contribution in [0.5, 0.6) is 0 Å². The van der Waals surface area contributed by atoms with Crippen molar-refractivity contribution in [3.05, 3.63) is 84.3 Å². The van der Waals surface area contributed by atoms with E-state index in [0.29, 0.717) is 29.2 Å². The van der Waals surface area contributed by atoms with Gasteiger partial charge in [-0.25, -0.2) is 23.7 Å². The second-order valence-corrected chi connectivity index (χ2v) is 8.51. The number of rotatable bonds is 8. The lowest BCUT2D eigenvalue weighted by Gasteiger charge is -2.14. The Kier molecular flexibility index (Phi) is 5.09. The number of aromatic nitrogens is 7. The van der Waals surface area contributed by atoms with Crippen LogP contribution in [0.15, 0.2) is 65.8 Å². The van der Waals surface area contributed by atoms with E-state index in [-0.39, 0.29) is 29.4 Å². The van der Waals surface area contributed by atoms with Crippen LogP contribution in [0.2, 0.25) is 0 Å². The van der Waals surface area contributed by atoms with E-state index in [0.717, 1.165) is 24.9 Å². The summed E-state index contributed by atoms with van der Waals surface area (Å²) in [6, 6.07) is 9.87. The Morgan fingerprint density at radius 2 is 1.97 bits per heavy atom. The van der Waals surface area contributed by atoms with E-state index >= 15 is 0 Å². The van der Waals surface area contributed by atoms with Crippen molar-refractivity contribution in [2.24, 2.45) is 0 Å². The fourth-order valence-electron chi connectivity index (χ4n) is 4.06. The van der Waals surface area contributed by atoms with Crippen molar-refractivity contribution in [2.75, 3.05) is 11.9 Å². The fourth-order valence-corrected chi connectivity index (χ4v) is 4.06. The minimum Gasteiger partial charge on any atom is -0.367 e. The SMILES string of the molecule is Fc1ccccc1Cn1nc(-c2ncc(F)c(NCC3(c4ncc[nH]4)CC3)n2)cc1-c1ccon1. The van der Waals surface area contributed by atoms with E-state index in [2.05, 4.69) is 35.5 Å². The summed E-state index contributed by atoms with van der Waals surface area (Å²) in [5.74, 6) is 0.286. The third-order valence-electron chi connectivity index (χ3n) is 6.18. The standard InChI is InChI=1S/C24H20F2N8O/c25-16-4-2-1-3-15(16)13-34-20(18-5-10-35-33-18)11-19(32-34)22-29-12-17(26)21(31-22)30-14-24(6-7-24)23-27-8-9-28-23/h1-5,8-12H,6-7,13-14H2,(H,27,28)(H,29,30,31). The third kappa shape index (κ3) is 4.05. The summed E-state index contributed by atoms with van der Waals surface area (Å²) in [6.45, 7) is 0.645. The number of H-pyrrole nitrogens is 1. The molecule has 0 unspecified atom stereocenters. The second-order valence-electron chi connectivity index (χ2n) is 8.51. The number of hydrogen-bond donors (Lipinski definition) is 2. The molecule has 176 valence electrons. The quantitative estimate of drug-likeness (QED) is 0.347. The molecular formula is C24H20F2N8O. The molecule has 1 aliphatic carbocycles. The van der Waals surface area contributed by atoms with Crippen LogP contribution >= 0.6 is 0 Å². The highest BCUT2D eigenvalue weighted by atomic mass is 19.1. The van der Waals surface area contributed by atoms with Crippen molar-refractivity contribution in [2.45, 2.75) is 24.8 Å². The topological polar surface area (TPSA) is 110 Å². The Morgan fingerprint density at radius 3 is 2.71 bits per heavy atom. The Morgan fingerprint density at radius 1 is 1.09 bits per heavy atom. The molecule has 0 saturated heterocycles. The summed E-state index contributed by atoms with van der Waals surface area (Å²) in [4.78, 5) is 16.0. The highest BCUT2D eigenvalue weighted by molar-refractivity contribution is 5.63. The zero-order valence-corrected chi connectivity index (χ0v) is 18.4. The molecule has 4 aromatic heterocycles. The van der Waals surface area contributed by atoms with Gasteiger partial charge in [0, 0.05) is 36.0 Å². The van der Waals surface area contributed by atoms with Crippen molar-refractivity contribution in [1.29, 1.82) is 0 Å². The summed E-state index contributed by atoms with van der Waals surface area (Å²) in [5.41, 5.74) is 1.82. The van der Waals surface area contributed by atoms with E-state index < -0.39 is 5.82 Å².